The molecule has 112 valence electrons. The summed E-state index contributed by atoms with van der Waals surface area (Å²) in [6, 6.07) is 2.37. The van der Waals surface area contributed by atoms with Gasteiger partial charge in [-0.05, 0) is 46.2 Å². The van der Waals surface area contributed by atoms with E-state index in [9.17, 15) is 4.79 Å². The van der Waals surface area contributed by atoms with E-state index < -0.39 is 0 Å². The summed E-state index contributed by atoms with van der Waals surface area (Å²) in [5, 5.41) is 4.08. The monoisotopic (exact) mass is 297 g/mol. The van der Waals surface area contributed by atoms with E-state index in [4.69, 9.17) is 11.6 Å². The van der Waals surface area contributed by atoms with Crippen LogP contribution in [-0.2, 0) is 6.54 Å². The molecule has 1 saturated heterocycles. The van der Waals surface area contributed by atoms with Gasteiger partial charge < -0.3 is 14.8 Å². The molecule has 0 aliphatic carbocycles. The van der Waals surface area contributed by atoms with E-state index in [0.29, 0.717) is 16.8 Å². The molecule has 0 spiro atoms. The van der Waals surface area contributed by atoms with E-state index in [1.807, 2.05) is 22.6 Å². The van der Waals surface area contributed by atoms with Crippen molar-refractivity contribution in [3.63, 3.8) is 0 Å². The summed E-state index contributed by atoms with van der Waals surface area (Å²) in [4.78, 5) is 14.7. The van der Waals surface area contributed by atoms with Gasteiger partial charge in [0, 0.05) is 31.4 Å². The van der Waals surface area contributed by atoms with Crippen molar-refractivity contribution in [1.29, 1.82) is 0 Å². The Morgan fingerprint density at radius 3 is 2.90 bits per heavy atom. The number of halogens is 1. The third kappa shape index (κ3) is 3.36. The van der Waals surface area contributed by atoms with Gasteiger partial charge in [0.25, 0.3) is 5.91 Å². The van der Waals surface area contributed by atoms with Crippen LogP contribution < -0.4 is 5.32 Å². The van der Waals surface area contributed by atoms with Crippen molar-refractivity contribution in [3.8, 4) is 0 Å². The molecule has 0 bridgehead atoms. The lowest BCUT2D eigenvalue weighted by molar-refractivity contribution is 0.0678. The van der Waals surface area contributed by atoms with Crippen LogP contribution in [0.2, 0.25) is 5.02 Å². The summed E-state index contributed by atoms with van der Waals surface area (Å²) >= 11 is 6.04. The fourth-order valence-corrected chi connectivity index (χ4v) is 2.96. The zero-order chi connectivity index (χ0) is 14.7. The Balaban J connectivity index is 2.17. The third-order valence-corrected chi connectivity index (χ3v) is 4.09. The standard InChI is InChI=1S/C15H24ClN3O/c1-4-18-9-12(16)8-14(18)15(20)19(11(2)3)10-13-6-5-7-17-13/h8-9,11,13,17H,4-7,10H2,1-3H3. The van der Waals surface area contributed by atoms with Crippen molar-refractivity contribution >= 4 is 17.5 Å². The molecule has 20 heavy (non-hydrogen) atoms. The molecule has 2 rings (SSSR count). The SMILES string of the molecule is CCn1cc(Cl)cc1C(=O)N(CC1CCCN1)C(C)C. The lowest BCUT2D eigenvalue weighted by atomic mass is 10.1. The molecule has 1 aliphatic rings. The Hall–Kier alpha value is -1.00. The fraction of sp³-hybridized carbons (Fsp3) is 0.667. The number of carbonyl (C=O) groups excluding carboxylic acids is 1. The smallest absolute Gasteiger partial charge is 0.270 e. The largest absolute Gasteiger partial charge is 0.342 e. The molecular formula is C15H24ClN3O. The highest BCUT2D eigenvalue weighted by Gasteiger charge is 2.26. The summed E-state index contributed by atoms with van der Waals surface area (Å²) < 4.78 is 1.92. The number of nitrogens with zero attached hydrogens (tertiary/aromatic N) is 2. The minimum absolute atomic E-state index is 0.0717. The van der Waals surface area contributed by atoms with Gasteiger partial charge in [0.2, 0.25) is 0 Å². The van der Waals surface area contributed by atoms with Crippen LogP contribution >= 0.6 is 11.6 Å². The Morgan fingerprint density at radius 1 is 1.60 bits per heavy atom. The van der Waals surface area contributed by atoms with Crippen LogP contribution in [-0.4, -0.2) is 40.5 Å². The molecule has 1 aliphatic heterocycles. The predicted molar refractivity (Wildman–Crippen MR) is 82.3 cm³/mol. The number of hydrogen-bond donors (Lipinski definition) is 1. The van der Waals surface area contributed by atoms with Crippen molar-refractivity contribution in [1.82, 2.24) is 14.8 Å². The highest BCUT2D eigenvalue weighted by atomic mass is 35.5. The molecule has 1 atom stereocenters. The summed E-state index contributed by atoms with van der Waals surface area (Å²) in [6.07, 6.45) is 4.16. The van der Waals surface area contributed by atoms with Crippen molar-refractivity contribution in [2.45, 2.75) is 52.2 Å². The number of hydrogen-bond acceptors (Lipinski definition) is 2. The number of rotatable bonds is 5. The second kappa shape index (κ2) is 6.64. The van der Waals surface area contributed by atoms with Crippen LogP contribution in [0.15, 0.2) is 12.3 Å². The van der Waals surface area contributed by atoms with E-state index in [1.54, 1.807) is 6.07 Å². The number of carbonyl (C=O) groups is 1. The first-order chi connectivity index (χ1) is 9.52. The van der Waals surface area contributed by atoms with E-state index in [1.165, 1.54) is 6.42 Å². The van der Waals surface area contributed by atoms with Crippen LogP contribution in [0.3, 0.4) is 0 Å². The Kier molecular flexibility index (Phi) is 5.11. The van der Waals surface area contributed by atoms with Crippen molar-refractivity contribution in [3.05, 3.63) is 23.0 Å². The van der Waals surface area contributed by atoms with Gasteiger partial charge in [-0.1, -0.05) is 11.6 Å². The van der Waals surface area contributed by atoms with Crippen LogP contribution in [0.1, 0.15) is 44.1 Å². The van der Waals surface area contributed by atoms with Crippen LogP contribution in [0, 0.1) is 0 Å². The fourth-order valence-electron chi connectivity index (χ4n) is 2.74. The summed E-state index contributed by atoms with van der Waals surface area (Å²) in [6.45, 7) is 8.72. The first-order valence-electron chi connectivity index (χ1n) is 7.43. The lowest BCUT2D eigenvalue weighted by Gasteiger charge is -2.29. The molecule has 1 aromatic rings. The van der Waals surface area contributed by atoms with E-state index in [-0.39, 0.29) is 11.9 Å². The molecule has 1 aromatic heterocycles. The molecule has 2 heterocycles. The lowest BCUT2D eigenvalue weighted by Crippen LogP contribution is -2.45. The molecule has 1 fully saturated rings. The van der Waals surface area contributed by atoms with Crippen molar-refractivity contribution < 1.29 is 4.79 Å². The summed E-state index contributed by atoms with van der Waals surface area (Å²) in [5.74, 6) is 0.0717. The normalized spacial score (nSPS) is 18.8. The summed E-state index contributed by atoms with van der Waals surface area (Å²) in [7, 11) is 0. The van der Waals surface area contributed by atoms with Gasteiger partial charge >= 0.3 is 0 Å². The third-order valence-electron chi connectivity index (χ3n) is 3.89. The predicted octanol–water partition coefficient (Wildman–Crippen LogP) is 2.76. The highest BCUT2D eigenvalue weighted by molar-refractivity contribution is 6.31. The maximum absolute atomic E-state index is 12.8. The molecule has 5 heteroatoms. The first kappa shape index (κ1) is 15.4. The van der Waals surface area contributed by atoms with E-state index in [0.717, 1.165) is 26.1 Å². The molecule has 0 aromatic carbocycles. The zero-order valence-corrected chi connectivity index (χ0v) is 13.3. The number of nitrogens with one attached hydrogen (secondary N) is 1. The average molecular weight is 298 g/mol. The van der Waals surface area contributed by atoms with E-state index >= 15 is 0 Å². The minimum atomic E-state index is 0.0717. The van der Waals surface area contributed by atoms with Gasteiger partial charge in [0.05, 0.1) is 5.02 Å². The average Bonchev–Trinajstić information content (AvgIpc) is 3.03. The number of amides is 1. The molecule has 1 unspecified atom stereocenters. The quantitative estimate of drug-likeness (QED) is 0.907. The van der Waals surface area contributed by atoms with Crippen molar-refractivity contribution in [2.24, 2.45) is 0 Å². The Bertz CT molecular complexity index is 464. The molecule has 0 saturated carbocycles. The van der Waals surface area contributed by atoms with Gasteiger partial charge in [0.1, 0.15) is 5.69 Å². The zero-order valence-electron chi connectivity index (χ0n) is 12.5. The Morgan fingerprint density at radius 2 is 2.35 bits per heavy atom. The molecule has 1 N–H and O–H groups in total. The minimum Gasteiger partial charge on any atom is -0.342 e. The maximum Gasteiger partial charge on any atom is 0.270 e. The topological polar surface area (TPSA) is 37.3 Å². The van der Waals surface area contributed by atoms with Crippen LogP contribution in [0.4, 0.5) is 0 Å². The maximum atomic E-state index is 12.8. The molecule has 4 nitrogen and oxygen atoms in total. The second-order valence-electron chi connectivity index (χ2n) is 5.67. The Labute approximate surface area is 126 Å². The van der Waals surface area contributed by atoms with Crippen LogP contribution in [0.5, 0.6) is 0 Å². The second-order valence-corrected chi connectivity index (χ2v) is 6.11. The van der Waals surface area contributed by atoms with Gasteiger partial charge in [-0.3, -0.25) is 4.79 Å². The van der Waals surface area contributed by atoms with Gasteiger partial charge in [-0.25, -0.2) is 0 Å². The van der Waals surface area contributed by atoms with Crippen molar-refractivity contribution in [2.75, 3.05) is 13.1 Å². The molecule has 0 radical (unpaired) electrons. The summed E-state index contributed by atoms with van der Waals surface area (Å²) in [5.41, 5.74) is 0.684. The molecular weight excluding hydrogens is 274 g/mol. The number of aryl methyl sites for hydroxylation is 1. The van der Waals surface area contributed by atoms with Crippen LogP contribution in [0.25, 0.3) is 0 Å². The van der Waals surface area contributed by atoms with Gasteiger partial charge in [0.15, 0.2) is 0 Å². The first-order valence-corrected chi connectivity index (χ1v) is 7.80. The highest BCUT2D eigenvalue weighted by Crippen LogP contribution is 2.18. The molecule has 1 amide bonds. The van der Waals surface area contributed by atoms with Gasteiger partial charge in [-0.15, -0.1) is 0 Å². The van der Waals surface area contributed by atoms with Gasteiger partial charge in [-0.2, -0.15) is 0 Å². The number of aromatic nitrogens is 1. The van der Waals surface area contributed by atoms with E-state index in [2.05, 4.69) is 19.2 Å².